The molecule has 0 aliphatic carbocycles. The van der Waals surface area contributed by atoms with Crippen LogP contribution in [0, 0.1) is 0 Å². The summed E-state index contributed by atoms with van der Waals surface area (Å²) in [6.45, 7) is 2.14. The van der Waals surface area contributed by atoms with Crippen LogP contribution in [-0.2, 0) is 20.0 Å². The Balaban J connectivity index is 3.00. The molecule has 0 fully saturated rings. The lowest BCUT2D eigenvalue weighted by atomic mass is 10.2. The Morgan fingerprint density at radius 3 is 2.39 bits per heavy atom. The van der Waals surface area contributed by atoms with Gasteiger partial charge in [0.2, 0.25) is 0 Å². The number of ether oxygens (including phenoxy) is 1. The Morgan fingerprint density at radius 1 is 1.22 bits per heavy atom. The van der Waals surface area contributed by atoms with E-state index >= 15 is 0 Å². The van der Waals surface area contributed by atoms with Crippen LogP contribution < -0.4 is 10.0 Å². The summed E-state index contributed by atoms with van der Waals surface area (Å²) in [6, 6.07) is 1.69. The van der Waals surface area contributed by atoms with Gasteiger partial charge in [-0.05, 0) is 12.8 Å². The first-order chi connectivity index (χ1) is 8.61. The molecular weight excluding hydrogens is 253 g/mol. The van der Waals surface area contributed by atoms with E-state index in [-0.39, 0.29) is 0 Å². The van der Waals surface area contributed by atoms with E-state index < -0.39 is 7.60 Å². The van der Waals surface area contributed by atoms with Crippen LogP contribution in [-0.4, -0.2) is 26.3 Å². The van der Waals surface area contributed by atoms with Gasteiger partial charge in [0, 0.05) is 26.0 Å². The van der Waals surface area contributed by atoms with Crippen LogP contribution in [0.3, 0.4) is 0 Å². The average Bonchev–Trinajstić information content (AvgIpc) is 2.82. The highest BCUT2D eigenvalue weighted by molar-refractivity contribution is 7.62. The summed E-state index contributed by atoms with van der Waals surface area (Å²) in [5.41, 5.74) is 0.868. The summed E-state index contributed by atoms with van der Waals surface area (Å²) in [5, 5.41) is 0.570. The van der Waals surface area contributed by atoms with Crippen LogP contribution in [0.5, 0.6) is 5.88 Å². The second-order valence-corrected chi connectivity index (χ2v) is 6.23. The van der Waals surface area contributed by atoms with Crippen molar-refractivity contribution in [2.45, 2.75) is 32.6 Å². The predicted octanol–water partition coefficient (Wildman–Crippen LogP) is 2.87. The normalized spacial score (nSPS) is 11.8. The Labute approximate surface area is 108 Å². The SMILES string of the molecule is CCCCCc1[nH]c(OC)cc1P(=O)(OC)OC. The lowest BCUT2D eigenvalue weighted by molar-refractivity contribution is 0.287. The first-order valence-electron chi connectivity index (χ1n) is 6.09. The Hall–Kier alpha value is -0.770. The maximum absolute atomic E-state index is 12.4. The predicted molar refractivity (Wildman–Crippen MR) is 71.8 cm³/mol. The van der Waals surface area contributed by atoms with Crippen molar-refractivity contribution in [2.75, 3.05) is 21.3 Å². The summed E-state index contributed by atoms with van der Waals surface area (Å²) < 4.78 is 27.6. The molecule has 0 saturated heterocycles. The molecule has 0 amide bonds. The molecule has 0 aliphatic heterocycles. The van der Waals surface area contributed by atoms with Crippen molar-refractivity contribution in [3.8, 4) is 5.88 Å². The fourth-order valence-corrected chi connectivity index (χ4v) is 3.14. The molecule has 1 heterocycles. The van der Waals surface area contributed by atoms with Crippen LogP contribution in [0.4, 0.5) is 0 Å². The molecule has 0 spiro atoms. The summed E-state index contributed by atoms with van der Waals surface area (Å²) in [6.07, 6.45) is 4.11. The standard InChI is InChI=1S/C12H22NO4P/c1-5-6-7-8-10-11(9-12(13-10)15-2)18(14,16-3)17-4/h9,13H,5-8H2,1-4H3. The van der Waals surface area contributed by atoms with Crippen molar-refractivity contribution in [1.29, 1.82) is 0 Å². The van der Waals surface area contributed by atoms with Gasteiger partial charge in [-0.3, -0.25) is 4.57 Å². The second kappa shape index (κ2) is 6.98. The number of aryl methyl sites for hydroxylation is 1. The van der Waals surface area contributed by atoms with Gasteiger partial charge in [-0.15, -0.1) is 0 Å². The minimum atomic E-state index is -3.22. The van der Waals surface area contributed by atoms with Gasteiger partial charge in [0.25, 0.3) is 0 Å². The number of methoxy groups -OCH3 is 1. The van der Waals surface area contributed by atoms with Crippen LogP contribution in [0.1, 0.15) is 31.9 Å². The maximum Gasteiger partial charge on any atom is 0.362 e. The van der Waals surface area contributed by atoms with E-state index in [4.69, 9.17) is 13.8 Å². The lowest BCUT2D eigenvalue weighted by Crippen LogP contribution is -2.11. The van der Waals surface area contributed by atoms with E-state index in [2.05, 4.69) is 11.9 Å². The van der Waals surface area contributed by atoms with Gasteiger partial charge >= 0.3 is 7.60 Å². The van der Waals surface area contributed by atoms with Crippen LogP contribution in [0.25, 0.3) is 0 Å². The van der Waals surface area contributed by atoms with E-state index in [0.717, 1.165) is 31.4 Å². The molecule has 6 heteroatoms. The Morgan fingerprint density at radius 2 is 1.89 bits per heavy atom. The minimum Gasteiger partial charge on any atom is -0.482 e. The number of aromatic amines is 1. The van der Waals surface area contributed by atoms with E-state index in [0.29, 0.717) is 11.2 Å². The van der Waals surface area contributed by atoms with Crippen molar-refractivity contribution in [3.05, 3.63) is 11.8 Å². The zero-order valence-corrected chi connectivity index (χ0v) is 12.4. The number of hydrogen-bond donors (Lipinski definition) is 1. The number of hydrogen-bond acceptors (Lipinski definition) is 4. The van der Waals surface area contributed by atoms with E-state index in [9.17, 15) is 4.57 Å². The molecule has 0 unspecified atom stereocenters. The van der Waals surface area contributed by atoms with E-state index in [1.165, 1.54) is 14.2 Å². The monoisotopic (exact) mass is 275 g/mol. The van der Waals surface area contributed by atoms with Crippen molar-refractivity contribution in [1.82, 2.24) is 4.98 Å². The molecule has 104 valence electrons. The molecule has 1 rings (SSSR count). The highest BCUT2D eigenvalue weighted by atomic mass is 31.2. The summed E-state index contributed by atoms with van der Waals surface area (Å²) in [5.74, 6) is 0.575. The van der Waals surface area contributed by atoms with Gasteiger partial charge in [-0.1, -0.05) is 19.8 Å². The van der Waals surface area contributed by atoms with Gasteiger partial charge in [0.15, 0.2) is 5.88 Å². The molecule has 0 aliphatic rings. The average molecular weight is 275 g/mol. The molecule has 1 aromatic heterocycles. The number of H-pyrrole nitrogens is 1. The molecule has 5 nitrogen and oxygen atoms in total. The fourth-order valence-electron chi connectivity index (χ4n) is 1.83. The number of nitrogens with one attached hydrogen (secondary N) is 1. The van der Waals surface area contributed by atoms with Crippen LogP contribution >= 0.6 is 7.60 Å². The number of aromatic nitrogens is 1. The molecule has 1 aromatic rings. The van der Waals surface area contributed by atoms with E-state index in [1.54, 1.807) is 13.2 Å². The first kappa shape index (κ1) is 15.3. The fraction of sp³-hybridized carbons (Fsp3) is 0.667. The van der Waals surface area contributed by atoms with Gasteiger partial charge in [-0.25, -0.2) is 0 Å². The van der Waals surface area contributed by atoms with Crippen molar-refractivity contribution in [2.24, 2.45) is 0 Å². The van der Waals surface area contributed by atoms with Crippen molar-refractivity contribution < 1.29 is 18.3 Å². The van der Waals surface area contributed by atoms with Gasteiger partial charge < -0.3 is 18.8 Å². The molecule has 18 heavy (non-hydrogen) atoms. The van der Waals surface area contributed by atoms with Crippen LogP contribution in [0.2, 0.25) is 0 Å². The molecular formula is C12H22NO4P. The lowest BCUT2D eigenvalue weighted by Gasteiger charge is -2.13. The first-order valence-corrected chi connectivity index (χ1v) is 7.63. The third-order valence-electron chi connectivity index (χ3n) is 2.88. The van der Waals surface area contributed by atoms with Gasteiger partial charge in [0.1, 0.15) is 0 Å². The highest BCUT2D eigenvalue weighted by Gasteiger charge is 2.29. The molecule has 1 N–H and O–H groups in total. The molecule has 0 bridgehead atoms. The summed E-state index contributed by atoms with van der Waals surface area (Å²) >= 11 is 0. The Kier molecular flexibility index (Phi) is 5.93. The smallest absolute Gasteiger partial charge is 0.362 e. The van der Waals surface area contributed by atoms with Crippen molar-refractivity contribution >= 4 is 12.9 Å². The van der Waals surface area contributed by atoms with Crippen LogP contribution in [0.15, 0.2) is 6.07 Å². The topological polar surface area (TPSA) is 60.6 Å². The van der Waals surface area contributed by atoms with E-state index in [1.807, 2.05) is 0 Å². The third-order valence-corrected chi connectivity index (χ3v) is 4.83. The quantitative estimate of drug-likeness (QED) is 0.585. The molecule has 0 saturated carbocycles. The molecule has 0 radical (unpaired) electrons. The minimum absolute atomic E-state index is 0.570. The van der Waals surface area contributed by atoms with Crippen molar-refractivity contribution in [3.63, 3.8) is 0 Å². The summed E-state index contributed by atoms with van der Waals surface area (Å²) in [7, 11) is 1.12. The Bertz CT molecular complexity index is 408. The molecule has 0 aromatic carbocycles. The largest absolute Gasteiger partial charge is 0.482 e. The zero-order chi connectivity index (χ0) is 13.6. The van der Waals surface area contributed by atoms with Gasteiger partial charge in [0.05, 0.1) is 12.4 Å². The number of unbranched alkanes of at least 4 members (excludes halogenated alkanes) is 2. The maximum atomic E-state index is 12.4. The summed E-state index contributed by atoms with van der Waals surface area (Å²) in [4.78, 5) is 3.11. The third kappa shape index (κ3) is 3.37. The molecule has 0 atom stereocenters. The number of rotatable bonds is 8. The van der Waals surface area contributed by atoms with Gasteiger partial charge in [-0.2, -0.15) is 0 Å². The zero-order valence-electron chi connectivity index (χ0n) is 11.5. The highest BCUT2D eigenvalue weighted by Crippen LogP contribution is 2.47. The second-order valence-electron chi connectivity index (χ2n) is 4.02.